The van der Waals surface area contributed by atoms with Crippen molar-refractivity contribution in [1.82, 2.24) is 5.32 Å². The van der Waals surface area contributed by atoms with Gasteiger partial charge in [0.2, 0.25) is 0 Å². The summed E-state index contributed by atoms with van der Waals surface area (Å²) in [5, 5.41) is 2.89. The average Bonchev–Trinajstić information content (AvgIpc) is 2.78. The van der Waals surface area contributed by atoms with Crippen LogP contribution in [0.5, 0.6) is 0 Å². The number of benzene rings is 1. The van der Waals surface area contributed by atoms with Crippen molar-refractivity contribution in [2.24, 2.45) is 5.92 Å². The predicted molar refractivity (Wildman–Crippen MR) is 116 cm³/mol. The summed E-state index contributed by atoms with van der Waals surface area (Å²) in [6.45, 7) is 6.75. The van der Waals surface area contributed by atoms with Crippen molar-refractivity contribution in [1.29, 1.82) is 0 Å². The van der Waals surface area contributed by atoms with E-state index in [-0.39, 0.29) is 11.1 Å². The normalized spacial score (nSPS) is 14.9. The summed E-state index contributed by atoms with van der Waals surface area (Å²) in [6.07, 6.45) is -1.17. The minimum atomic E-state index is -1.40. The molecule has 0 bridgehead atoms. The number of esters is 3. The second-order valence-corrected chi connectivity index (χ2v) is 7.12. The van der Waals surface area contributed by atoms with Gasteiger partial charge in [0, 0.05) is 23.6 Å². The molecular weight excluding hydrogens is 416 g/mol. The number of anilines is 1. The lowest BCUT2D eigenvalue weighted by molar-refractivity contribution is -0.158. The Labute approximate surface area is 187 Å². The Morgan fingerprint density at radius 3 is 1.91 bits per heavy atom. The molecule has 1 amide bonds. The van der Waals surface area contributed by atoms with E-state index in [1.54, 1.807) is 45.0 Å². The zero-order valence-electron chi connectivity index (χ0n) is 19.1. The number of likely N-dealkylation sites (N-methyl/N-ethyl adjacent to an activating group) is 1. The Morgan fingerprint density at radius 1 is 0.969 bits per heavy atom. The maximum absolute atomic E-state index is 13.2. The number of carbonyl (C=O) groups excluding carboxylic acids is 4. The number of methoxy groups -OCH3 is 2. The summed E-state index contributed by atoms with van der Waals surface area (Å²) in [7, 11) is 2.33. The second kappa shape index (κ2) is 10.6. The fraction of sp³-hybridized carbons (Fsp3) is 0.391. The Kier molecular flexibility index (Phi) is 8.17. The third kappa shape index (κ3) is 4.99. The zero-order valence-corrected chi connectivity index (χ0v) is 19.1. The number of carbonyl (C=O) groups is 4. The van der Waals surface area contributed by atoms with Gasteiger partial charge >= 0.3 is 17.9 Å². The standard InChI is InChI=1S/C23H28N2O7/c1-7-25(16-11-9-8-10-12-16)20(26)15(4)32-23(29)19-17(21(27)30-5)13(2)24-14(3)18(19)22(28)31-6/h8-12,15,19,24H,7H2,1-6H3. The molecule has 2 rings (SSSR count). The molecule has 1 aliphatic heterocycles. The van der Waals surface area contributed by atoms with Gasteiger partial charge in [-0.2, -0.15) is 0 Å². The van der Waals surface area contributed by atoms with E-state index in [0.717, 1.165) is 0 Å². The van der Waals surface area contributed by atoms with E-state index in [0.29, 0.717) is 23.6 Å². The Hall–Kier alpha value is -3.62. The maximum Gasteiger partial charge on any atom is 0.336 e. The van der Waals surface area contributed by atoms with Gasteiger partial charge in [0.15, 0.2) is 6.10 Å². The largest absolute Gasteiger partial charge is 0.466 e. The van der Waals surface area contributed by atoms with E-state index in [2.05, 4.69) is 5.32 Å². The highest BCUT2D eigenvalue weighted by Crippen LogP contribution is 2.32. The summed E-state index contributed by atoms with van der Waals surface area (Å²) >= 11 is 0. The number of ether oxygens (including phenoxy) is 3. The summed E-state index contributed by atoms with van der Waals surface area (Å²) < 4.78 is 15.1. The zero-order chi connectivity index (χ0) is 24.0. The number of rotatable bonds is 7. The van der Waals surface area contributed by atoms with Crippen LogP contribution < -0.4 is 10.2 Å². The summed E-state index contributed by atoms with van der Waals surface area (Å²) in [5.41, 5.74) is 1.16. The Balaban J connectivity index is 2.38. The Morgan fingerprint density at radius 2 is 1.47 bits per heavy atom. The highest BCUT2D eigenvalue weighted by atomic mass is 16.6. The van der Waals surface area contributed by atoms with Crippen LogP contribution in [0.1, 0.15) is 27.7 Å². The number of dihydropyridines is 1. The van der Waals surface area contributed by atoms with Gasteiger partial charge in [-0.05, 0) is 39.8 Å². The van der Waals surface area contributed by atoms with Crippen LogP contribution in [0.2, 0.25) is 0 Å². The first kappa shape index (κ1) is 24.6. The molecular formula is C23H28N2O7. The number of nitrogens with zero attached hydrogens (tertiary/aromatic N) is 1. The second-order valence-electron chi connectivity index (χ2n) is 7.12. The third-order valence-electron chi connectivity index (χ3n) is 5.10. The summed E-state index contributed by atoms with van der Waals surface area (Å²) in [5.74, 6) is -4.38. The van der Waals surface area contributed by atoms with E-state index in [4.69, 9.17) is 14.2 Å². The van der Waals surface area contributed by atoms with E-state index in [1.165, 1.54) is 26.0 Å². The molecule has 32 heavy (non-hydrogen) atoms. The first-order valence-electron chi connectivity index (χ1n) is 10.1. The lowest BCUT2D eigenvalue weighted by atomic mass is 9.85. The molecule has 0 saturated carbocycles. The van der Waals surface area contributed by atoms with Gasteiger partial charge < -0.3 is 24.4 Å². The molecule has 9 nitrogen and oxygen atoms in total. The molecule has 0 saturated heterocycles. The maximum atomic E-state index is 13.2. The highest BCUT2D eigenvalue weighted by molar-refractivity contribution is 6.06. The first-order valence-corrected chi connectivity index (χ1v) is 10.1. The molecule has 0 spiro atoms. The van der Waals surface area contributed by atoms with Crippen molar-refractivity contribution in [2.45, 2.75) is 33.8 Å². The van der Waals surface area contributed by atoms with Gasteiger partial charge in [0.05, 0.1) is 25.4 Å². The minimum Gasteiger partial charge on any atom is -0.466 e. The van der Waals surface area contributed by atoms with Crippen LogP contribution in [0.25, 0.3) is 0 Å². The average molecular weight is 444 g/mol. The minimum absolute atomic E-state index is 0.0847. The number of hydrogen-bond donors (Lipinski definition) is 1. The summed E-state index contributed by atoms with van der Waals surface area (Å²) in [4.78, 5) is 52.6. The van der Waals surface area contributed by atoms with Crippen LogP contribution >= 0.6 is 0 Å². The molecule has 1 atom stereocenters. The molecule has 1 aromatic rings. The van der Waals surface area contributed by atoms with Crippen LogP contribution in [-0.2, 0) is 33.4 Å². The van der Waals surface area contributed by atoms with Crippen LogP contribution in [0.3, 0.4) is 0 Å². The van der Waals surface area contributed by atoms with Crippen LogP contribution in [-0.4, -0.2) is 50.7 Å². The number of hydrogen-bond acceptors (Lipinski definition) is 8. The van der Waals surface area contributed by atoms with Crippen molar-refractivity contribution in [3.8, 4) is 0 Å². The smallest absolute Gasteiger partial charge is 0.336 e. The van der Waals surface area contributed by atoms with Crippen molar-refractivity contribution >= 4 is 29.5 Å². The van der Waals surface area contributed by atoms with Gasteiger partial charge in [0.25, 0.3) is 5.91 Å². The van der Waals surface area contributed by atoms with Crippen molar-refractivity contribution in [3.63, 3.8) is 0 Å². The van der Waals surface area contributed by atoms with Gasteiger partial charge in [0.1, 0.15) is 5.92 Å². The number of nitrogens with one attached hydrogen (secondary N) is 1. The molecule has 1 aromatic carbocycles. The van der Waals surface area contributed by atoms with E-state index in [9.17, 15) is 19.2 Å². The van der Waals surface area contributed by atoms with Crippen molar-refractivity contribution in [2.75, 3.05) is 25.7 Å². The monoisotopic (exact) mass is 444 g/mol. The van der Waals surface area contributed by atoms with Crippen molar-refractivity contribution in [3.05, 3.63) is 52.9 Å². The van der Waals surface area contributed by atoms with Crippen LogP contribution in [0, 0.1) is 5.92 Å². The molecule has 0 radical (unpaired) electrons. The number of amides is 1. The summed E-state index contributed by atoms with van der Waals surface area (Å²) in [6, 6.07) is 8.96. The first-order chi connectivity index (χ1) is 15.2. The topological polar surface area (TPSA) is 111 Å². The van der Waals surface area contributed by atoms with Gasteiger partial charge in [-0.1, -0.05) is 18.2 Å². The Bertz CT molecular complexity index is 928. The molecule has 1 unspecified atom stereocenters. The van der Waals surface area contributed by atoms with Crippen LogP contribution in [0.15, 0.2) is 52.9 Å². The SMILES string of the molecule is CCN(C(=O)C(C)OC(=O)C1C(C(=O)OC)=C(C)NC(C)=C1C(=O)OC)c1ccccc1. The van der Waals surface area contributed by atoms with E-state index >= 15 is 0 Å². The number of allylic oxidation sites excluding steroid dienone is 2. The quantitative estimate of drug-likeness (QED) is 0.503. The molecule has 1 aliphatic rings. The third-order valence-corrected chi connectivity index (χ3v) is 5.10. The molecule has 0 aliphatic carbocycles. The van der Waals surface area contributed by atoms with E-state index < -0.39 is 35.8 Å². The molecule has 0 aromatic heterocycles. The molecule has 1 heterocycles. The highest BCUT2D eigenvalue weighted by Gasteiger charge is 2.43. The van der Waals surface area contributed by atoms with Crippen molar-refractivity contribution < 1.29 is 33.4 Å². The lowest BCUT2D eigenvalue weighted by Gasteiger charge is -2.30. The predicted octanol–water partition coefficient (Wildman–Crippen LogP) is 2.08. The fourth-order valence-electron chi connectivity index (χ4n) is 3.58. The molecule has 1 N–H and O–H groups in total. The van der Waals surface area contributed by atoms with E-state index in [1.807, 2.05) is 6.07 Å². The number of para-hydroxylation sites is 1. The molecule has 172 valence electrons. The van der Waals surface area contributed by atoms with Gasteiger partial charge in [-0.15, -0.1) is 0 Å². The van der Waals surface area contributed by atoms with Gasteiger partial charge in [-0.25, -0.2) is 9.59 Å². The fourth-order valence-corrected chi connectivity index (χ4v) is 3.58. The van der Waals surface area contributed by atoms with Crippen LogP contribution in [0.4, 0.5) is 5.69 Å². The lowest BCUT2D eigenvalue weighted by Crippen LogP contribution is -2.43. The van der Waals surface area contributed by atoms with Gasteiger partial charge in [-0.3, -0.25) is 9.59 Å². The molecule has 0 fully saturated rings. The molecule has 9 heteroatoms.